The molecule has 5 aliphatic rings. The van der Waals surface area contributed by atoms with Crippen LogP contribution in [0.2, 0.25) is 0 Å². The molecule has 0 saturated heterocycles. The maximum absolute atomic E-state index is 13.3. The number of carbonyl (C=O) groups excluding carboxylic acids is 2. The number of ketones is 1. The van der Waals surface area contributed by atoms with Crippen LogP contribution in [-0.4, -0.2) is 34.6 Å². The van der Waals surface area contributed by atoms with E-state index in [1.54, 1.807) is 0 Å². The number of hydrogen-bond acceptors (Lipinski definition) is 4. The third-order valence-electron chi connectivity index (χ3n) is 12.2. The van der Waals surface area contributed by atoms with E-state index in [-0.39, 0.29) is 53.8 Å². The molecular formula is C31H49NO5. The highest BCUT2D eigenvalue weighted by Crippen LogP contribution is 2.72. The number of carboxylic acid groups (broad SMARTS) is 1. The summed E-state index contributed by atoms with van der Waals surface area (Å²) in [5.74, 6) is 1.90. The Morgan fingerprint density at radius 3 is 2.27 bits per heavy atom. The molecule has 0 bridgehead atoms. The minimum atomic E-state index is -1.02. The van der Waals surface area contributed by atoms with Gasteiger partial charge in [0.05, 0.1) is 5.54 Å². The third kappa shape index (κ3) is 3.74. The maximum atomic E-state index is 13.3. The van der Waals surface area contributed by atoms with E-state index in [1.807, 2.05) is 0 Å². The van der Waals surface area contributed by atoms with Gasteiger partial charge in [0.1, 0.15) is 6.10 Å². The summed E-state index contributed by atoms with van der Waals surface area (Å²) in [6.07, 6.45) is 7.37. The lowest BCUT2D eigenvalue weighted by Crippen LogP contribution is -2.64. The molecule has 4 unspecified atom stereocenters. The highest BCUT2D eigenvalue weighted by molar-refractivity contribution is 6.02. The molecule has 0 aromatic carbocycles. The second kappa shape index (κ2) is 8.58. The van der Waals surface area contributed by atoms with Crippen molar-refractivity contribution in [2.75, 3.05) is 0 Å². The first-order valence-corrected chi connectivity index (χ1v) is 14.6. The van der Waals surface area contributed by atoms with Crippen LogP contribution < -0.4 is 5.32 Å². The Kier molecular flexibility index (Phi) is 6.20. The van der Waals surface area contributed by atoms with E-state index in [1.165, 1.54) is 6.92 Å². The molecule has 0 aromatic heterocycles. The Morgan fingerprint density at radius 1 is 0.973 bits per heavy atom. The summed E-state index contributed by atoms with van der Waals surface area (Å²) in [5.41, 5.74) is 1.64. The molecule has 0 heterocycles. The summed E-state index contributed by atoms with van der Waals surface area (Å²) < 4.78 is 5.85. The van der Waals surface area contributed by atoms with Gasteiger partial charge in [-0.2, -0.15) is 0 Å². The van der Waals surface area contributed by atoms with Gasteiger partial charge in [-0.15, -0.1) is 0 Å². The van der Waals surface area contributed by atoms with Gasteiger partial charge in [0, 0.05) is 20.2 Å². The van der Waals surface area contributed by atoms with Crippen LogP contribution in [0.15, 0.2) is 11.1 Å². The van der Waals surface area contributed by atoms with Crippen molar-refractivity contribution in [2.24, 2.45) is 45.8 Å². The molecule has 4 fully saturated rings. The lowest BCUT2D eigenvalue weighted by molar-refractivity contribution is -0.211. The Morgan fingerprint density at radius 2 is 1.65 bits per heavy atom. The van der Waals surface area contributed by atoms with Gasteiger partial charge in [-0.1, -0.05) is 41.5 Å². The van der Waals surface area contributed by atoms with Crippen LogP contribution >= 0.6 is 0 Å². The second-order valence-electron chi connectivity index (χ2n) is 14.5. The topological polar surface area (TPSA) is 92.7 Å². The zero-order chi connectivity index (χ0) is 27.1. The van der Waals surface area contributed by atoms with Crippen molar-refractivity contribution in [1.29, 1.82) is 0 Å². The highest BCUT2D eigenvalue weighted by Gasteiger charge is 2.66. The first kappa shape index (κ1) is 26.7. The van der Waals surface area contributed by atoms with Gasteiger partial charge in [-0.05, 0) is 103 Å². The number of allylic oxidation sites excluding steroid dienone is 1. The highest BCUT2D eigenvalue weighted by atomic mass is 16.5. The van der Waals surface area contributed by atoms with E-state index in [0.29, 0.717) is 17.8 Å². The van der Waals surface area contributed by atoms with Gasteiger partial charge in [0.15, 0.2) is 5.78 Å². The second-order valence-corrected chi connectivity index (χ2v) is 14.5. The quantitative estimate of drug-likeness (QED) is 0.404. The van der Waals surface area contributed by atoms with E-state index in [4.69, 9.17) is 4.74 Å². The van der Waals surface area contributed by atoms with Crippen LogP contribution in [0.5, 0.6) is 0 Å². The Bertz CT molecular complexity index is 1050. The van der Waals surface area contributed by atoms with Crippen LogP contribution in [0, 0.1) is 45.8 Å². The predicted octanol–water partition coefficient (Wildman–Crippen LogP) is 6.77. The Hall–Kier alpha value is -1.85. The number of carbonyl (C=O) groups is 3. The third-order valence-corrected chi connectivity index (χ3v) is 12.2. The molecule has 0 spiro atoms. The van der Waals surface area contributed by atoms with Gasteiger partial charge in [-0.25, -0.2) is 4.79 Å². The first-order valence-electron chi connectivity index (χ1n) is 14.6. The van der Waals surface area contributed by atoms with E-state index < -0.39 is 11.6 Å². The summed E-state index contributed by atoms with van der Waals surface area (Å²) in [4.78, 5) is 37.1. The zero-order valence-electron chi connectivity index (χ0n) is 23.9. The fourth-order valence-corrected chi connectivity index (χ4v) is 11.0. The number of rotatable bonds is 3. The predicted molar refractivity (Wildman–Crippen MR) is 144 cm³/mol. The normalized spacial score (nSPS) is 44.4. The van der Waals surface area contributed by atoms with Crippen LogP contribution in [0.25, 0.3) is 0 Å². The number of fused-ring (bicyclic) bond motifs is 7. The first-order chi connectivity index (χ1) is 17.2. The van der Waals surface area contributed by atoms with Gasteiger partial charge < -0.3 is 15.2 Å². The fraction of sp³-hybridized carbons (Fsp3) is 0.839. The molecule has 208 valence electrons. The summed E-state index contributed by atoms with van der Waals surface area (Å²) in [5, 5.41) is 12.6. The number of hydrogen-bond donors (Lipinski definition) is 2. The van der Waals surface area contributed by atoms with Gasteiger partial charge >= 0.3 is 12.1 Å². The van der Waals surface area contributed by atoms with Crippen LogP contribution in [0.1, 0.15) is 108 Å². The van der Waals surface area contributed by atoms with Crippen molar-refractivity contribution in [3.05, 3.63) is 11.1 Å². The molecule has 2 N–H and O–H groups in total. The standard InChI is InChI=1S/C31H47NO5.H2/c1-17(2)25-21(34)16-31(32-27(35)36)15-10-20-19(26(25)31)8-9-23-29(20,6)13-11-22-28(4,5)24(37-18(3)33)12-14-30(22,23)7;/h17,19-20,22-24,32H,8-16H2,1-7H3,(H,35,36);1H/t19?,20?,22?,23?,24-,29-,30-,31+;/m0./s1. The van der Waals surface area contributed by atoms with Crippen LogP contribution in [0.4, 0.5) is 4.79 Å². The van der Waals surface area contributed by atoms with Gasteiger partial charge in [0.2, 0.25) is 0 Å². The van der Waals surface area contributed by atoms with Crippen molar-refractivity contribution in [1.82, 2.24) is 5.32 Å². The molecule has 4 saturated carbocycles. The molecule has 0 radical (unpaired) electrons. The molecule has 5 rings (SSSR count). The minimum absolute atomic E-state index is 0. The lowest BCUT2D eigenvalue weighted by atomic mass is 9.37. The minimum Gasteiger partial charge on any atom is -0.465 e. The average Bonchev–Trinajstić information content (AvgIpc) is 3.06. The van der Waals surface area contributed by atoms with E-state index >= 15 is 0 Å². The summed E-state index contributed by atoms with van der Waals surface area (Å²) in [6, 6.07) is 0. The molecule has 0 aromatic rings. The zero-order valence-corrected chi connectivity index (χ0v) is 23.9. The summed E-state index contributed by atoms with van der Waals surface area (Å²) in [6.45, 7) is 15.4. The summed E-state index contributed by atoms with van der Waals surface area (Å²) >= 11 is 0. The molecule has 6 heteroatoms. The lowest BCUT2D eigenvalue weighted by Gasteiger charge is -2.68. The van der Waals surface area contributed by atoms with Crippen molar-refractivity contribution >= 4 is 17.8 Å². The largest absolute Gasteiger partial charge is 0.465 e. The Balaban J connectivity index is 0.00000336. The number of nitrogens with one attached hydrogen (secondary N) is 1. The molecule has 8 atom stereocenters. The van der Waals surface area contributed by atoms with Gasteiger partial charge in [-0.3, -0.25) is 9.59 Å². The molecular weight excluding hydrogens is 466 g/mol. The van der Waals surface area contributed by atoms with Crippen LogP contribution in [0.3, 0.4) is 0 Å². The molecule has 5 aliphatic carbocycles. The van der Waals surface area contributed by atoms with E-state index in [0.717, 1.165) is 62.5 Å². The Labute approximate surface area is 223 Å². The van der Waals surface area contributed by atoms with Crippen molar-refractivity contribution in [3.8, 4) is 0 Å². The number of amides is 1. The van der Waals surface area contributed by atoms with Crippen LogP contribution in [-0.2, 0) is 14.3 Å². The monoisotopic (exact) mass is 515 g/mol. The number of esters is 1. The average molecular weight is 516 g/mol. The van der Waals surface area contributed by atoms with Crippen molar-refractivity contribution < 1.29 is 25.7 Å². The molecule has 1 amide bonds. The maximum Gasteiger partial charge on any atom is 0.405 e. The summed E-state index contributed by atoms with van der Waals surface area (Å²) in [7, 11) is 0. The molecule has 6 nitrogen and oxygen atoms in total. The smallest absolute Gasteiger partial charge is 0.405 e. The van der Waals surface area contributed by atoms with Crippen molar-refractivity contribution in [3.63, 3.8) is 0 Å². The van der Waals surface area contributed by atoms with E-state index in [9.17, 15) is 19.5 Å². The SMILES string of the molecule is CC(=O)O[C@H]1CC[C@@]2(C)C(CC[C@@]3(C)C4CC[C@@]5(NC(=O)O)CC(=O)C(C(C)C)=C5C4CCC32)C1(C)C.[HH]. The van der Waals surface area contributed by atoms with Gasteiger partial charge in [0.25, 0.3) is 0 Å². The number of Topliss-reactive ketones (excluding diaryl/α,β-unsaturated/α-hetero) is 1. The number of ether oxygens (including phenoxy) is 1. The van der Waals surface area contributed by atoms with Crippen molar-refractivity contribution in [2.45, 2.75) is 118 Å². The van der Waals surface area contributed by atoms with E-state index in [2.05, 4.69) is 46.9 Å². The fourth-order valence-electron chi connectivity index (χ4n) is 11.0. The molecule has 0 aliphatic heterocycles. The molecule has 37 heavy (non-hydrogen) atoms.